The number of nitrogens with one attached hydrogen (secondary N) is 3. The molecule has 2 aliphatic carbocycles. The van der Waals surface area contributed by atoms with Crippen LogP contribution in [-0.2, 0) is 16.1 Å². The lowest BCUT2D eigenvalue weighted by Gasteiger charge is -2.26. The Morgan fingerprint density at radius 1 is 0.717 bits per heavy atom. The summed E-state index contributed by atoms with van der Waals surface area (Å²) >= 11 is 0. The van der Waals surface area contributed by atoms with E-state index >= 15 is 0 Å². The Bertz CT molecular complexity index is 2080. The van der Waals surface area contributed by atoms with E-state index in [1.807, 2.05) is 12.1 Å². The Morgan fingerprint density at radius 2 is 1.17 bits per heavy atom. The van der Waals surface area contributed by atoms with E-state index in [0.717, 1.165) is 55.7 Å². The molecule has 10 rings (SSSR count). The lowest BCUT2D eigenvalue weighted by atomic mass is 10.1. The second-order valence-electron chi connectivity index (χ2n) is 15.0. The fraction of sp³-hybridized carbons (Fsp3) is 0.413. The zero-order valence-corrected chi connectivity index (χ0v) is 32.4. The second-order valence-corrected chi connectivity index (χ2v) is 15.0. The number of terminal acetylenes is 1. The molecule has 2 amide bonds. The van der Waals surface area contributed by atoms with Crippen molar-refractivity contribution in [2.24, 2.45) is 23.7 Å². The van der Waals surface area contributed by atoms with Crippen molar-refractivity contribution in [3.8, 4) is 36.1 Å². The van der Waals surface area contributed by atoms with Crippen molar-refractivity contribution >= 4 is 17.9 Å². The van der Waals surface area contributed by atoms with Crippen LogP contribution in [-0.4, -0.2) is 84.2 Å². The fourth-order valence-electron chi connectivity index (χ4n) is 8.13. The van der Waals surface area contributed by atoms with Gasteiger partial charge in [-0.05, 0) is 76.8 Å². The molecule has 8 atom stereocenters. The molecule has 2 saturated heterocycles. The highest BCUT2D eigenvalue weighted by Gasteiger charge is 2.56. The molecule has 4 fully saturated rings. The van der Waals surface area contributed by atoms with Gasteiger partial charge in [-0.2, -0.15) is 4.39 Å². The molecule has 4 aliphatic heterocycles. The maximum absolute atomic E-state index is 12.5. The van der Waals surface area contributed by atoms with Gasteiger partial charge in [0.1, 0.15) is 13.2 Å². The third kappa shape index (κ3) is 10.8. The molecular weight excluding hydrogens is 768 g/mol. The first-order chi connectivity index (χ1) is 28.2. The Balaban J connectivity index is 0.000000180. The van der Waals surface area contributed by atoms with Crippen LogP contribution >= 0.6 is 0 Å². The molecule has 2 unspecified atom stereocenters. The smallest absolute Gasteiger partial charge is 0.332 e. The highest BCUT2D eigenvalue weighted by molar-refractivity contribution is 5.88. The molecule has 0 radical (unpaired) electrons. The van der Waals surface area contributed by atoms with Gasteiger partial charge in [-0.1, -0.05) is 51.3 Å². The van der Waals surface area contributed by atoms with Crippen molar-refractivity contribution in [2.45, 2.75) is 59.5 Å². The summed E-state index contributed by atoms with van der Waals surface area (Å²) in [6, 6.07) is 21.4. The molecule has 3 N–H and O–H groups in total. The van der Waals surface area contributed by atoms with E-state index in [1.165, 1.54) is 17.7 Å². The van der Waals surface area contributed by atoms with Crippen LogP contribution in [0.5, 0.6) is 23.3 Å². The third-order valence-electron chi connectivity index (χ3n) is 11.1. The molecule has 6 aliphatic rings. The van der Waals surface area contributed by atoms with Crippen LogP contribution in [0.1, 0.15) is 68.0 Å². The second kappa shape index (κ2) is 20.3. The Morgan fingerprint density at radius 3 is 1.62 bits per heavy atom. The zero-order chi connectivity index (χ0) is 40.8. The van der Waals surface area contributed by atoms with Crippen LogP contribution < -0.4 is 34.9 Å². The lowest BCUT2D eigenvalue weighted by molar-refractivity contribution is -0.120. The predicted octanol–water partition coefficient (Wildman–Crippen LogP) is 5.73. The van der Waals surface area contributed by atoms with Crippen molar-refractivity contribution in [3.05, 3.63) is 107 Å². The van der Waals surface area contributed by atoms with Gasteiger partial charge in [0.15, 0.2) is 23.7 Å². The van der Waals surface area contributed by atoms with Crippen LogP contribution in [0, 0.1) is 36.5 Å². The average molecular weight is 823 g/mol. The fourth-order valence-corrected chi connectivity index (χ4v) is 8.13. The van der Waals surface area contributed by atoms with E-state index in [2.05, 4.69) is 67.9 Å². The molecule has 2 aromatic heterocycles. The molecule has 2 saturated carbocycles. The van der Waals surface area contributed by atoms with E-state index in [9.17, 15) is 18.8 Å². The zero-order valence-electron chi connectivity index (χ0n) is 32.4. The number of piperidine rings is 2. The topological polar surface area (TPSA) is 153 Å². The number of aromatic nitrogens is 2. The maximum atomic E-state index is 12.5. The van der Waals surface area contributed by atoms with E-state index < -0.39 is 6.04 Å². The number of ether oxygens (including phenoxy) is 4. The summed E-state index contributed by atoms with van der Waals surface area (Å²) in [5.74, 6) is 5.25. The quantitative estimate of drug-likeness (QED) is 0.155. The molecule has 4 aromatic rings. The summed E-state index contributed by atoms with van der Waals surface area (Å²) in [5, 5.41) is 9.27. The number of pyridine rings is 2. The number of likely N-dealkylation sites (tertiary alicyclic amines) is 1. The summed E-state index contributed by atoms with van der Waals surface area (Å²) in [6.07, 6.45) is 10.9. The number of nitrogens with zero attached hydrogens (tertiary/aromatic N) is 3. The van der Waals surface area contributed by atoms with Gasteiger partial charge in [0.25, 0.3) is 11.8 Å². The highest BCUT2D eigenvalue weighted by Crippen LogP contribution is 2.46. The van der Waals surface area contributed by atoms with Gasteiger partial charge in [0, 0.05) is 71.0 Å². The van der Waals surface area contributed by atoms with Gasteiger partial charge in [-0.25, -0.2) is 9.97 Å². The molecule has 2 aromatic carbocycles. The van der Waals surface area contributed by atoms with E-state index in [1.54, 1.807) is 50.5 Å². The number of hydrogen-bond acceptors (Lipinski definition) is 11. The number of fused-ring (bicyclic) bond motifs is 4. The van der Waals surface area contributed by atoms with E-state index in [0.29, 0.717) is 60.4 Å². The first kappa shape index (κ1) is 45.1. The van der Waals surface area contributed by atoms with Crippen LogP contribution in [0.4, 0.5) is 4.39 Å². The minimum atomic E-state index is -1.45. The summed E-state index contributed by atoms with van der Waals surface area (Å²) in [4.78, 5) is 43.1. The first-order valence-electron chi connectivity index (χ1n) is 19.4. The first-order valence-corrected chi connectivity index (χ1v) is 19.4. The van der Waals surface area contributed by atoms with Gasteiger partial charge >= 0.3 is 6.04 Å². The van der Waals surface area contributed by atoms with Crippen molar-refractivity contribution in [3.63, 3.8) is 0 Å². The predicted molar refractivity (Wildman–Crippen MR) is 225 cm³/mol. The van der Waals surface area contributed by atoms with Crippen LogP contribution in [0.3, 0.4) is 0 Å². The third-order valence-corrected chi connectivity index (χ3v) is 11.1. The number of halogens is 1. The summed E-state index contributed by atoms with van der Waals surface area (Å²) < 4.78 is 35.5. The molecular formula is C46H55FN6O7. The monoisotopic (exact) mass is 822 g/mol. The largest absolute Gasteiger partial charge is 0.484 e. The molecule has 318 valence electrons. The summed E-state index contributed by atoms with van der Waals surface area (Å²) in [5.41, 5.74) is 3.23. The minimum absolute atomic E-state index is 0. The molecule has 6 heterocycles. The number of amides is 2. The number of benzene rings is 2. The molecule has 13 nitrogen and oxygen atoms in total. The highest BCUT2D eigenvalue weighted by atomic mass is 19.1. The minimum Gasteiger partial charge on any atom is -0.484 e. The van der Waals surface area contributed by atoms with Gasteiger partial charge in [0.2, 0.25) is 11.8 Å². The average Bonchev–Trinajstić information content (AvgIpc) is 3.84. The normalized spacial score (nSPS) is 25.4. The van der Waals surface area contributed by atoms with Gasteiger partial charge < -0.3 is 34.9 Å². The van der Waals surface area contributed by atoms with Crippen LogP contribution in [0.15, 0.2) is 85.2 Å². The number of carbonyl (C=O) groups excluding carboxylic acids is 3. The standard InChI is InChI=1S/C21H23N3O3.C14H10FNO3.C7H12N2O.C2H2.2CH4/c1-13(25)23-20-16-10-24(11-17(16)20)9-14-4-6-15(7-5-14)19-12-26-18-3-2-8-22-21(18)27-19;15-13(17)10-5-3-9(4-6-10)12-8-18-11-2-1-7-16-14(11)19-12;1-4(10)9-7-5-2-8-3-6(5)7;1-2;;/h2-8,16-17,19-20H,9-12H2,1H3,(H,23,25);1-7,12H,8H2;5-8H,2-3H2,1H3,(H,9,10);1-2H;2*1H4/t16-,17+,19-,20?;12-;5-,6+,7?;;;/m11..../s1. The summed E-state index contributed by atoms with van der Waals surface area (Å²) in [7, 11) is 0. The molecule has 0 bridgehead atoms. The Kier molecular flexibility index (Phi) is 15.2. The SMILES string of the molecule is C.C.C#C.CC(=O)NC1[C@H]2CN(Cc3ccc([C@H]4COc5cccnc5O4)cc3)C[C@@H]12.CC(=O)NC1[C@H]2CNC[C@@H]12.O=C(F)c1ccc([C@H]2COc3cccnc3O2)cc1. The Labute approximate surface area is 351 Å². The molecule has 0 spiro atoms. The molecule has 14 heteroatoms. The van der Waals surface area contributed by atoms with Gasteiger partial charge in [0.05, 0.1) is 5.56 Å². The van der Waals surface area contributed by atoms with Crippen molar-refractivity contribution in [2.75, 3.05) is 39.4 Å². The van der Waals surface area contributed by atoms with Gasteiger partial charge in [-0.3, -0.25) is 19.3 Å². The summed E-state index contributed by atoms with van der Waals surface area (Å²) in [6.45, 7) is 9.31. The van der Waals surface area contributed by atoms with Crippen molar-refractivity contribution in [1.82, 2.24) is 30.8 Å². The Hall–Kier alpha value is -6.04. The number of carbonyl (C=O) groups is 3. The van der Waals surface area contributed by atoms with Crippen molar-refractivity contribution < 1.29 is 37.7 Å². The van der Waals surface area contributed by atoms with E-state index in [-0.39, 0.29) is 44.4 Å². The van der Waals surface area contributed by atoms with Crippen LogP contribution in [0.25, 0.3) is 0 Å². The van der Waals surface area contributed by atoms with Crippen LogP contribution in [0.2, 0.25) is 0 Å². The van der Waals surface area contributed by atoms with Crippen molar-refractivity contribution in [1.29, 1.82) is 0 Å². The molecule has 60 heavy (non-hydrogen) atoms. The lowest BCUT2D eigenvalue weighted by Crippen LogP contribution is -2.33. The number of hydrogen-bond donors (Lipinski definition) is 3. The maximum Gasteiger partial charge on any atom is 0.332 e. The number of rotatable bonds is 7. The van der Waals surface area contributed by atoms with E-state index in [4.69, 9.17) is 18.9 Å². The van der Waals surface area contributed by atoms with Gasteiger partial charge in [-0.15, -0.1) is 12.8 Å².